The second kappa shape index (κ2) is 10.6. The first kappa shape index (κ1) is 24.8. The molecule has 0 saturated heterocycles. The van der Waals surface area contributed by atoms with Crippen LogP contribution in [0.5, 0.6) is 5.75 Å². The zero-order valence-corrected chi connectivity index (χ0v) is 21.3. The summed E-state index contributed by atoms with van der Waals surface area (Å²) < 4.78 is 12.2. The molecule has 5 rings (SSSR count). The molecule has 4 atom stereocenters. The van der Waals surface area contributed by atoms with Gasteiger partial charge < -0.3 is 19.9 Å². The van der Waals surface area contributed by atoms with E-state index in [2.05, 4.69) is 18.3 Å². The van der Waals surface area contributed by atoms with Gasteiger partial charge in [0.1, 0.15) is 5.75 Å². The van der Waals surface area contributed by atoms with E-state index in [0.29, 0.717) is 37.8 Å². The molecule has 0 aromatic heterocycles. The summed E-state index contributed by atoms with van der Waals surface area (Å²) >= 11 is 0. The van der Waals surface area contributed by atoms with Crippen LogP contribution in [-0.4, -0.2) is 29.7 Å². The summed E-state index contributed by atoms with van der Waals surface area (Å²) in [4.78, 5) is 24.8. The Bertz CT molecular complexity index is 1120. The highest BCUT2D eigenvalue weighted by atomic mass is 16.5. The largest absolute Gasteiger partial charge is 0.494 e. The van der Waals surface area contributed by atoms with Gasteiger partial charge in [0.15, 0.2) is 0 Å². The quantitative estimate of drug-likeness (QED) is 0.436. The first-order chi connectivity index (χ1) is 17.4. The van der Waals surface area contributed by atoms with E-state index in [4.69, 9.17) is 9.47 Å². The van der Waals surface area contributed by atoms with Crippen molar-refractivity contribution >= 4 is 17.6 Å². The Balaban J connectivity index is 1.40. The van der Waals surface area contributed by atoms with Crippen LogP contribution in [-0.2, 0) is 20.9 Å². The van der Waals surface area contributed by atoms with Gasteiger partial charge in [0.05, 0.1) is 31.2 Å². The minimum Gasteiger partial charge on any atom is -0.494 e. The lowest BCUT2D eigenvalue weighted by atomic mass is 9.78. The molecule has 3 saturated carbocycles. The average Bonchev–Trinajstić information content (AvgIpc) is 3.49. The zero-order chi connectivity index (χ0) is 25.2. The lowest BCUT2D eigenvalue weighted by Crippen LogP contribution is -2.36. The number of hydrogen-bond donors (Lipinski definition) is 2. The van der Waals surface area contributed by atoms with Gasteiger partial charge in [-0.1, -0.05) is 31.0 Å². The number of carboxylic acids is 1. The average molecular weight is 492 g/mol. The molecule has 3 aliphatic rings. The van der Waals surface area contributed by atoms with Gasteiger partial charge in [-0.05, 0) is 98.2 Å². The standard InChI is InChI=1S/C30H37NO5/c1-3-35-28-10-6-9-24(18(28)2)25-12-11-22(14-21(25)17-36-23-15-19-13-20(19)16-23)31-29(32)26-7-4-5-8-27(26)30(33)34/h6,9-12,14,19-20,23,26-27H,3-5,7-8,13,15-17H2,1-2H3,(H,31,32)(H,33,34)/t19?,20?,23?,26-,27+/m1/s1. The predicted molar refractivity (Wildman–Crippen MR) is 139 cm³/mol. The van der Waals surface area contributed by atoms with E-state index < -0.39 is 17.8 Å². The molecule has 6 nitrogen and oxygen atoms in total. The highest BCUT2D eigenvalue weighted by Gasteiger charge is 2.46. The molecule has 36 heavy (non-hydrogen) atoms. The number of anilines is 1. The lowest BCUT2D eigenvalue weighted by molar-refractivity contribution is -0.147. The number of ether oxygens (including phenoxy) is 2. The summed E-state index contributed by atoms with van der Waals surface area (Å²) in [5.41, 5.74) is 4.93. The number of carbonyl (C=O) groups is 2. The zero-order valence-electron chi connectivity index (χ0n) is 21.3. The fraction of sp³-hybridized carbons (Fsp3) is 0.533. The van der Waals surface area contributed by atoms with Gasteiger partial charge in [-0.25, -0.2) is 0 Å². The van der Waals surface area contributed by atoms with Gasteiger partial charge in [-0.15, -0.1) is 0 Å². The van der Waals surface area contributed by atoms with Gasteiger partial charge >= 0.3 is 5.97 Å². The van der Waals surface area contributed by atoms with Crippen LogP contribution in [0.2, 0.25) is 0 Å². The van der Waals surface area contributed by atoms with E-state index in [0.717, 1.165) is 65.5 Å². The Hall–Kier alpha value is -2.86. The maximum atomic E-state index is 13.1. The molecular weight excluding hydrogens is 454 g/mol. The Kier molecular flexibility index (Phi) is 7.33. The fourth-order valence-electron chi connectivity index (χ4n) is 6.25. The van der Waals surface area contributed by atoms with E-state index in [1.54, 1.807) is 0 Å². The summed E-state index contributed by atoms with van der Waals surface area (Å²) in [6.45, 7) is 5.13. The SMILES string of the molecule is CCOc1cccc(-c2ccc(NC(=O)[C@@H]3CCCC[C@@H]3C(=O)O)cc2COC2CC3CC3C2)c1C. The molecule has 2 unspecified atom stereocenters. The van der Waals surface area contributed by atoms with Gasteiger partial charge in [-0.2, -0.15) is 0 Å². The van der Waals surface area contributed by atoms with Gasteiger partial charge in [0.2, 0.25) is 5.91 Å². The van der Waals surface area contributed by atoms with E-state index in [-0.39, 0.29) is 5.91 Å². The van der Waals surface area contributed by atoms with Crippen LogP contribution < -0.4 is 10.1 Å². The number of carbonyl (C=O) groups excluding carboxylic acids is 1. The third kappa shape index (κ3) is 5.29. The lowest BCUT2D eigenvalue weighted by Gasteiger charge is -2.27. The fourth-order valence-corrected chi connectivity index (χ4v) is 6.25. The third-order valence-electron chi connectivity index (χ3n) is 8.34. The first-order valence-electron chi connectivity index (χ1n) is 13.5. The minimum atomic E-state index is -0.876. The smallest absolute Gasteiger partial charge is 0.307 e. The van der Waals surface area contributed by atoms with E-state index in [9.17, 15) is 14.7 Å². The maximum Gasteiger partial charge on any atom is 0.307 e. The van der Waals surface area contributed by atoms with Crippen LogP contribution in [0.4, 0.5) is 5.69 Å². The van der Waals surface area contributed by atoms with Crippen LogP contribution in [0.15, 0.2) is 36.4 Å². The number of nitrogens with one attached hydrogen (secondary N) is 1. The third-order valence-corrected chi connectivity index (χ3v) is 8.34. The molecule has 3 aliphatic carbocycles. The van der Waals surface area contributed by atoms with Crippen LogP contribution in [0.3, 0.4) is 0 Å². The van der Waals surface area contributed by atoms with Crippen molar-refractivity contribution in [3.8, 4) is 16.9 Å². The molecule has 192 valence electrons. The van der Waals surface area contributed by atoms with Crippen molar-refractivity contribution in [2.45, 2.75) is 71.5 Å². The predicted octanol–water partition coefficient (Wildman–Crippen LogP) is 6.21. The minimum absolute atomic E-state index is 0.202. The molecule has 0 radical (unpaired) electrons. The summed E-state index contributed by atoms with van der Waals surface area (Å²) in [6, 6.07) is 12.0. The van der Waals surface area contributed by atoms with Crippen molar-refractivity contribution in [1.82, 2.24) is 0 Å². The summed E-state index contributed by atoms with van der Waals surface area (Å²) in [6.07, 6.45) is 6.87. The van der Waals surface area contributed by atoms with Gasteiger partial charge in [0, 0.05) is 5.69 Å². The van der Waals surface area contributed by atoms with E-state index >= 15 is 0 Å². The van der Waals surface area contributed by atoms with Gasteiger partial charge in [0.25, 0.3) is 0 Å². The Morgan fingerprint density at radius 1 is 1.00 bits per heavy atom. The Morgan fingerprint density at radius 3 is 2.47 bits per heavy atom. The number of benzene rings is 2. The number of hydrogen-bond acceptors (Lipinski definition) is 4. The topological polar surface area (TPSA) is 84.9 Å². The second-order valence-electron chi connectivity index (χ2n) is 10.7. The molecule has 6 heteroatoms. The molecule has 3 fully saturated rings. The number of amides is 1. The molecule has 0 spiro atoms. The highest BCUT2D eigenvalue weighted by molar-refractivity contribution is 5.95. The van der Waals surface area contributed by atoms with Crippen LogP contribution in [0.1, 0.15) is 63.0 Å². The normalized spacial score (nSPS) is 26.8. The molecule has 2 aromatic rings. The maximum absolute atomic E-state index is 13.1. The monoisotopic (exact) mass is 491 g/mol. The van der Waals surface area contributed by atoms with Crippen LogP contribution in [0, 0.1) is 30.6 Å². The summed E-state index contributed by atoms with van der Waals surface area (Å²) in [5, 5.41) is 12.6. The number of aliphatic carboxylic acids is 1. The molecule has 0 aliphatic heterocycles. The molecule has 2 aromatic carbocycles. The molecule has 2 N–H and O–H groups in total. The molecule has 0 heterocycles. The summed E-state index contributed by atoms with van der Waals surface area (Å²) in [7, 11) is 0. The van der Waals surface area contributed by atoms with E-state index in [1.807, 2.05) is 37.3 Å². The van der Waals surface area contributed by atoms with Crippen LogP contribution >= 0.6 is 0 Å². The molecule has 0 bridgehead atoms. The Labute approximate surface area is 213 Å². The van der Waals surface area contributed by atoms with Crippen molar-refractivity contribution < 1.29 is 24.2 Å². The van der Waals surface area contributed by atoms with Crippen molar-refractivity contribution in [3.63, 3.8) is 0 Å². The van der Waals surface area contributed by atoms with Gasteiger partial charge in [-0.3, -0.25) is 9.59 Å². The molecule has 1 amide bonds. The van der Waals surface area contributed by atoms with Crippen molar-refractivity contribution in [3.05, 3.63) is 47.5 Å². The number of fused-ring (bicyclic) bond motifs is 1. The second-order valence-corrected chi connectivity index (χ2v) is 10.7. The molecular formula is C30H37NO5. The first-order valence-corrected chi connectivity index (χ1v) is 13.5. The highest BCUT2D eigenvalue weighted by Crippen LogP contribution is 2.52. The van der Waals surface area contributed by atoms with Crippen molar-refractivity contribution in [2.75, 3.05) is 11.9 Å². The van der Waals surface area contributed by atoms with Crippen LogP contribution in [0.25, 0.3) is 11.1 Å². The number of carboxylic acid groups (broad SMARTS) is 1. The summed E-state index contributed by atoms with van der Waals surface area (Å²) in [5.74, 6) is 0.383. The van der Waals surface area contributed by atoms with Crippen molar-refractivity contribution in [2.24, 2.45) is 23.7 Å². The van der Waals surface area contributed by atoms with E-state index in [1.165, 1.54) is 6.42 Å². The number of rotatable bonds is 9. The Morgan fingerprint density at radius 2 is 1.75 bits per heavy atom. The van der Waals surface area contributed by atoms with Crippen molar-refractivity contribution in [1.29, 1.82) is 0 Å².